The van der Waals surface area contributed by atoms with Crippen LogP contribution in [0.3, 0.4) is 0 Å². The average Bonchev–Trinajstić information content (AvgIpc) is 3.05. The molecule has 0 unspecified atom stereocenters. The Morgan fingerprint density at radius 3 is 2.43 bits per heavy atom. The Morgan fingerprint density at radius 1 is 1.00 bits per heavy atom. The number of benzene rings is 3. The Balaban J connectivity index is 1.56. The molecule has 0 saturated carbocycles. The Hall–Kier alpha value is -5.11. The topological polar surface area (TPSA) is 89.9 Å². The molecular formula is C37H33F6N3O5. The van der Waals surface area contributed by atoms with Crippen LogP contribution in [0.5, 0.6) is 11.5 Å². The van der Waals surface area contributed by atoms with Crippen molar-refractivity contribution >= 4 is 11.9 Å². The van der Waals surface area contributed by atoms with Gasteiger partial charge in [-0.25, -0.2) is 13.2 Å². The summed E-state index contributed by atoms with van der Waals surface area (Å²) in [5.74, 6) is -3.44. The number of carbonyl (C=O) groups excluding carboxylic acids is 2. The zero-order valence-electron chi connectivity index (χ0n) is 27.5. The van der Waals surface area contributed by atoms with Gasteiger partial charge in [0.1, 0.15) is 35.3 Å². The fourth-order valence-corrected chi connectivity index (χ4v) is 6.50. The van der Waals surface area contributed by atoms with E-state index in [0.717, 1.165) is 30.0 Å². The van der Waals surface area contributed by atoms with Crippen LogP contribution in [0.1, 0.15) is 53.2 Å². The lowest BCUT2D eigenvalue weighted by molar-refractivity contribution is -0.144. The van der Waals surface area contributed by atoms with E-state index in [1.165, 1.54) is 18.2 Å². The normalized spacial score (nSPS) is 17.9. The highest BCUT2D eigenvalue weighted by atomic mass is 19.4. The minimum absolute atomic E-state index is 0.0201. The van der Waals surface area contributed by atoms with E-state index in [4.69, 9.17) is 9.47 Å². The van der Waals surface area contributed by atoms with E-state index < -0.39 is 71.0 Å². The second kappa shape index (κ2) is 14.3. The number of nitrogens with zero attached hydrogens (tertiary/aromatic N) is 2. The summed E-state index contributed by atoms with van der Waals surface area (Å²) in [4.78, 5) is 42.3. The van der Waals surface area contributed by atoms with Crippen LogP contribution in [0.2, 0.25) is 0 Å². The number of aryl methyl sites for hydroxylation is 1. The molecule has 1 saturated heterocycles. The molecule has 0 aliphatic carbocycles. The average molecular weight is 714 g/mol. The smallest absolute Gasteiger partial charge is 0.416 e. The number of amides is 1. The van der Waals surface area contributed by atoms with Crippen molar-refractivity contribution in [1.82, 2.24) is 14.8 Å². The fraction of sp³-hybridized carbons (Fsp3) is 0.324. The number of pyridine rings is 1. The lowest BCUT2D eigenvalue weighted by Gasteiger charge is -2.34. The van der Waals surface area contributed by atoms with Gasteiger partial charge in [0.05, 0.1) is 24.6 Å². The van der Waals surface area contributed by atoms with Crippen molar-refractivity contribution in [3.8, 4) is 22.6 Å². The van der Waals surface area contributed by atoms with Crippen molar-refractivity contribution < 1.29 is 45.4 Å². The molecule has 0 spiro atoms. The number of carbonyl (C=O) groups is 2. The molecule has 14 heteroatoms. The van der Waals surface area contributed by atoms with Crippen LogP contribution in [0.25, 0.3) is 11.1 Å². The highest BCUT2D eigenvalue weighted by Crippen LogP contribution is 2.40. The number of nitrogens with one attached hydrogen (secondary N) is 1. The van der Waals surface area contributed by atoms with E-state index >= 15 is 8.78 Å². The van der Waals surface area contributed by atoms with Crippen molar-refractivity contribution in [2.45, 2.75) is 51.1 Å². The third-order valence-corrected chi connectivity index (χ3v) is 8.98. The second-order valence-corrected chi connectivity index (χ2v) is 12.5. The maximum atomic E-state index is 15.9. The molecule has 6 rings (SSSR count). The molecule has 3 aromatic carbocycles. The highest BCUT2D eigenvalue weighted by Gasteiger charge is 2.38. The Morgan fingerprint density at radius 2 is 1.73 bits per heavy atom. The molecule has 1 amide bonds. The molecule has 4 bridgehead atoms. The van der Waals surface area contributed by atoms with E-state index in [1.807, 2.05) is 0 Å². The number of ether oxygens (including phenoxy) is 2. The zero-order valence-corrected chi connectivity index (χ0v) is 27.5. The number of likely N-dealkylation sites (tertiary alicyclic amines) is 1. The quantitative estimate of drug-likeness (QED) is 0.167. The first-order valence-electron chi connectivity index (χ1n) is 16.2. The van der Waals surface area contributed by atoms with Crippen LogP contribution >= 0.6 is 0 Å². The number of esters is 1. The van der Waals surface area contributed by atoms with Gasteiger partial charge in [-0.05, 0) is 73.4 Å². The Bertz CT molecular complexity index is 2040. The van der Waals surface area contributed by atoms with Gasteiger partial charge in [0.15, 0.2) is 0 Å². The van der Waals surface area contributed by atoms with Crippen LogP contribution in [-0.4, -0.2) is 53.8 Å². The summed E-state index contributed by atoms with van der Waals surface area (Å²) < 4.78 is 99.6. The van der Waals surface area contributed by atoms with Crippen LogP contribution in [0.4, 0.5) is 26.3 Å². The predicted molar refractivity (Wildman–Crippen MR) is 174 cm³/mol. The van der Waals surface area contributed by atoms with E-state index in [0.29, 0.717) is 21.8 Å². The maximum absolute atomic E-state index is 15.9. The molecular weight excluding hydrogens is 680 g/mol. The molecule has 2 aliphatic heterocycles. The van der Waals surface area contributed by atoms with Crippen molar-refractivity contribution in [3.63, 3.8) is 0 Å². The Labute approximate surface area is 288 Å². The van der Waals surface area contributed by atoms with Crippen LogP contribution < -0.4 is 15.6 Å². The van der Waals surface area contributed by atoms with E-state index in [1.54, 1.807) is 36.9 Å². The van der Waals surface area contributed by atoms with Crippen molar-refractivity contribution in [1.29, 1.82) is 0 Å². The molecule has 2 aliphatic rings. The van der Waals surface area contributed by atoms with Crippen molar-refractivity contribution in [2.75, 3.05) is 26.2 Å². The first-order valence-corrected chi connectivity index (χ1v) is 16.2. The summed E-state index contributed by atoms with van der Waals surface area (Å²) in [5.41, 5.74) is -1.81. The van der Waals surface area contributed by atoms with Crippen LogP contribution in [-0.2, 0) is 26.9 Å². The standard InChI is InChI=1S/C37H33F6N3O5/c1-3-50-33(48)16-30-25-13-21(7-9-28(25)39)34-20(2)5-4-6-31(34)51-24-8-10-29(40)26(14-24)35(36(49)44-30)46-17-22(11-12-45-18-23(38)19-45)27(15-32(46)47)37(41,42)43/h4-10,13-15,17,23,30,35H,3,11-12,16,18-19H2,1-2H3,(H,44,49)/t30-,35-/m0/s1. The number of fused-ring (bicyclic) bond motifs is 6. The maximum Gasteiger partial charge on any atom is 0.416 e. The largest absolute Gasteiger partial charge is 0.466 e. The first-order chi connectivity index (χ1) is 24.2. The number of hydrogen-bond donors (Lipinski definition) is 1. The van der Waals surface area contributed by atoms with Gasteiger partial charge < -0.3 is 14.8 Å². The van der Waals surface area contributed by atoms with Gasteiger partial charge in [-0.1, -0.05) is 18.2 Å². The first kappa shape index (κ1) is 35.7. The minimum atomic E-state index is -4.96. The van der Waals surface area contributed by atoms with Gasteiger partial charge in [0.25, 0.3) is 5.56 Å². The molecule has 1 N–H and O–H groups in total. The molecule has 4 aromatic rings. The summed E-state index contributed by atoms with van der Waals surface area (Å²) in [7, 11) is 0. The third kappa shape index (κ3) is 7.51. The van der Waals surface area contributed by atoms with E-state index in [-0.39, 0.29) is 55.3 Å². The SMILES string of the molecule is CCOC(=O)C[C@@H]1NC(=O)[C@@H](n2cc(CCN3CC(F)C3)c(C(F)(F)F)cc2=O)c2cc(ccc2F)Oc2cccc(C)c2-c2ccc(F)c1c2. The summed E-state index contributed by atoms with van der Waals surface area (Å²) in [5, 5.41) is 2.56. The number of hydrogen-bond acceptors (Lipinski definition) is 6. The number of alkyl halides is 4. The summed E-state index contributed by atoms with van der Waals surface area (Å²) in [6, 6.07) is 9.56. The van der Waals surface area contributed by atoms with Gasteiger partial charge in [0.2, 0.25) is 5.91 Å². The van der Waals surface area contributed by atoms with Gasteiger partial charge in [-0.15, -0.1) is 0 Å². The minimum Gasteiger partial charge on any atom is -0.466 e. The van der Waals surface area contributed by atoms with Crippen LogP contribution in [0, 0.1) is 18.6 Å². The lowest BCUT2D eigenvalue weighted by atomic mass is 9.94. The summed E-state index contributed by atoms with van der Waals surface area (Å²) in [6.07, 6.45) is -6.08. The third-order valence-electron chi connectivity index (χ3n) is 8.98. The van der Waals surface area contributed by atoms with Gasteiger partial charge in [-0.2, -0.15) is 13.2 Å². The van der Waals surface area contributed by atoms with E-state index in [9.17, 15) is 31.9 Å². The molecule has 3 heterocycles. The predicted octanol–water partition coefficient (Wildman–Crippen LogP) is 6.82. The fourth-order valence-electron chi connectivity index (χ4n) is 6.50. The zero-order chi connectivity index (χ0) is 36.6. The number of rotatable bonds is 7. The monoisotopic (exact) mass is 713 g/mol. The summed E-state index contributed by atoms with van der Waals surface area (Å²) in [6.45, 7) is 3.41. The van der Waals surface area contributed by atoms with E-state index in [2.05, 4.69) is 5.32 Å². The van der Waals surface area contributed by atoms with Crippen molar-refractivity contribution in [2.24, 2.45) is 0 Å². The molecule has 1 fully saturated rings. The highest BCUT2D eigenvalue weighted by molar-refractivity contribution is 5.85. The van der Waals surface area contributed by atoms with Gasteiger partial charge in [0, 0.05) is 48.6 Å². The van der Waals surface area contributed by atoms with Gasteiger partial charge >= 0.3 is 12.1 Å². The lowest BCUT2D eigenvalue weighted by Crippen LogP contribution is -2.49. The Kier molecular flexibility index (Phi) is 9.98. The van der Waals surface area contributed by atoms with Gasteiger partial charge in [-0.3, -0.25) is 23.9 Å². The molecule has 51 heavy (non-hydrogen) atoms. The summed E-state index contributed by atoms with van der Waals surface area (Å²) >= 11 is 0. The molecule has 0 radical (unpaired) electrons. The molecule has 268 valence electrons. The number of aromatic nitrogens is 1. The molecule has 8 nitrogen and oxygen atoms in total. The molecule has 1 aromatic heterocycles. The molecule has 2 atom stereocenters. The van der Waals surface area contributed by atoms with Crippen molar-refractivity contribution in [3.05, 3.63) is 117 Å². The second-order valence-electron chi connectivity index (χ2n) is 12.5. The number of halogens is 6. The van der Waals surface area contributed by atoms with Crippen LogP contribution in [0.15, 0.2) is 71.7 Å².